The van der Waals surface area contributed by atoms with E-state index in [0.717, 1.165) is 0 Å². The number of aliphatic hydroxyl groups is 1. The van der Waals surface area contributed by atoms with Crippen LogP contribution >= 0.6 is 0 Å². The van der Waals surface area contributed by atoms with Gasteiger partial charge in [-0.1, -0.05) is 6.07 Å². The second-order valence-corrected chi connectivity index (χ2v) is 6.94. The summed E-state index contributed by atoms with van der Waals surface area (Å²) in [6, 6.07) is 4.54. The second-order valence-electron chi connectivity index (χ2n) is 6.94. The number of aromatic hydroxyl groups is 1. The van der Waals surface area contributed by atoms with Gasteiger partial charge in [0, 0.05) is 22.7 Å². The molecule has 0 saturated heterocycles. The second kappa shape index (κ2) is 6.32. The average Bonchev–Trinajstić information content (AvgIpc) is 3.25. The maximum Gasteiger partial charge on any atom is 0.412 e. The number of hydrogen-bond donors (Lipinski definition) is 3. The number of benzene rings is 1. The molecule has 7 nitrogen and oxygen atoms in total. The molecule has 0 spiro atoms. The van der Waals surface area contributed by atoms with Crippen LogP contribution in [0.5, 0.6) is 5.75 Å². The molecule has 1 unspecified atom stereocenters. The van der Waals surface area contributed by atoms with Gasteiger partial charge in [-0.2, -0.15) is 0 Å². The number of esters is 1. The monoisotopic (exact) mass is 337 g/mol. The van der Waals surface area contributed by atoms with Crippen molar-refractivity contribution in [1.82, 2.24) is 0 Å². The fourth-order valence-corrected chi connectivity index (χ4v) is 2.61. The zero-order chi connectivity index (χ0) is 18.1. The highest BCUT2D eigenvalue weighted by Crippen LogP contribution is 2.54. The summed E-state index contributed by atoms with van der Waals surface area (Å²) in [5.74, 6) is -0.841. The topological polar surface area (TPSA) is 105 Å². The summed E-state index contributed by atoms with van der Waals surface area (Å²) in [6.45, 7) is 5.24. The number of carbonyl (C=O) groups excluding carboxylic acids is 2. The molecule has 2 rings (SSSR count). The van der Waals surface area contributed by atoms with E-state index in [1.807, 2.05) is 0 Å². The molecule has 1 aliphatic carbocycles. The third-order valence-electron chi connectivity index (χ3n) is 3.92. The Kier molecular flexibility index (Phi) is 4.75. The molecule has 0 radical (unpaired) electrons. The molecule has 1 atom stereocenters. The SMILES string of the molecule is COC(=O)C(O)C1(c2ccc(NC(=O)OC(C)(C)C)cc2O)CC1. The summed E-state index contributed by atoms with van der Waals surface area (Å²) < 4.78 is 9.72. The van der Waals surface area contributed by atoms with Crippen LogP contribution in [0.15, 0.2) is 18.2 Å². The number of aliphatic hydroxyl groups excluding tert-OH is 1. The van der Waals surface area contributed by atoms with Crippen LogP contribution in [0.2, 0.25) is 0 Å². The van der Waals surface area contributed by atoms with E-state index in [4.69, 9.17) is 4.74 Å². The van der Waals surface area contributed by atoms with Crippen molar-refractivity contribution in [2.75, 3.05) is 12.4 Å². The van der Waals surface area contributed by atoms with Gasteiger partial charge in [0.25, 0.3) is 0 Å². The molecule has 0 bridgehead atoms. The molecule has 24 heavy (non-hydrogen) atoms. The average molecular weight is 337 g/mol. The molecule has 7 heteroatoms. The number of amides is 1. The molecular formula is C17H23NO6. The quantitative estimate of drug-likeness (QED) is 0.728. The molecule has 1 fully saturated rings. The van der Waals surface area contributed by atoms with E-state index >= 15 is 0 Å². The van der Waals surface area contributed by atoms with Gasteiger partial charge in [-0.3, -0.25) is 5.32 Å². The smallest absolute Gasteiger partial charge is 0.412 e. The van der Waals surface area contributed by atoms with Gasteiger partial charge < -0.3 is 19.7 Å². The standard InChI is InChI=1S/C17H23NO6/c1-16(2,3)24-15(22)18-10-5-6-11(12(19)9-10)17(7-8-17)13(20)14(21)23-4/h5-6,9,13,19-20H,7-8H2,1-4H3,(H,18,22). The molecule has 1 aromatic rings. The van der Waals surface area contributed by atoms with E-state index in [-0.39, 0.29) is 5.75 Å². The molecule has 1 saturated carbocycles. The van der Waals surface area contributed by atoms with E-state index in [9.17, 15) is 19.8 Å². The van der Waals surface area contributed by atoms with Crippen LogP contribution < -0.4 is 5.32 Å². The Balaban J connectivity index is 2.16. The normalized spacial score (nSPS) is 16.9. The van der Waals surface area contributed by atoms with Crippen molar-refractivity contribution in [1.29, 1.82) is 0 Å². The maximum absolute atomic E-state index is 11.8. The molecule has 1 aliphatic rings. The summed E-state index contributed by atoms with van der Waals surface area (Å²) in [4.78, 5) is 23.4. The van der Waals surface area contributed by atoms with Gasteiger partial charge >= 0.3 is 12.1 Å². The minimum absolute atomic E-state index is 0.107. The maximum atomic E-state index is 11.8. The lowest BCUT2D eigenvalue weighted by atomic mass is 9.89. The lowest BCUT2D eigenvalue weighted by molar-refractivity contribution is -0.152. The van der Waals surface area contributed by atoms with Gasteiger partial charge in [0.05, 0.1) is 7.11 Å². The highest BCUT2D eigenvalue weighted by atomic mass is 16.6. The molecular weight excluding hydrogens is 314 g/mol. The molecule has 1 aromatic carbocycles. The van der Waals surface area contributed by atoms with Gasteiger partial charge in [-0.15, -0.1) is 0 Å². The number of phenols is 1. The van der Waals surface area contributed by atoms with Crippen molar-refractivity contribution in [2.24, 2.45) is 0 Å². The summed E-state index contributed by atoms with van der Waals surface area (Å²) in [7, 11) is 1.20. The fraction of sp³-hybridized carbons (Fsp3) is 0.529. The van der Waals surface area contributed by atoms with Crippen LogP contribution in [0.3, 0.4) is 0 Å². The van der Waals surface area contributed by atoms with Crippen molar-refractivity contribution < 1.29 is 29.3 Å². The fourth-order valence-electron chi connectivity index (χ4n) is 2.61. The minimum atomic E-state index is -1.34. The Morgan fingerprint density at radius 2 is 1.92 bits per heavy atom. The molecule has 0 aliphatic heterocycles. The summed E-state index contributed by atoms with van der Waals surface area (Å²) in [5.41, 5.74) is -0.653. The van der Waals surface area contributed by atoms with Gasteiger partial charge in [-0.25, -0.2) is 9.59 Å². The Bertz CT molecular complexity index is 645. The number of ether oxygens (including phenoxy) is 2. The number of rotatable bonds is 4. The van der Waals surface area contributed by atoms with Crippen molar-refractivity contribution in [3.8, 4) is 5.75 Å². The Labute approximate surface area is 140 Å². The van der Waals surface area contributed by atoms with Crippen molar-refractivity contribution in [3.63, 3.8) is 0 Å². The summed E-state index contributed by atoms with van der Waals surface area (Å²) >= 11 is 0. The predicted molar refractivity (Wildman–Crippen MR) is 86.9 cm³/mol. The van der Waals surface area contributed by atoms with E-state index in [2.05, 4.69) is 10.1 Å². The van der Waals surface area contributed by atoms with Gasteiger partial charge in [0.15, 0.2) is 6.10 Å². The number of anilines is 1. The van der Waals surface area contributed by atoms with Crippen molar-refractivity contribution >= 4 is 17.7 Å². The zero-order valence-corrected chi connectivity index (χ0v) is 14.3. The molecule has 132 valence electrons. The largest absolute Gasteiger partial charge is 0.508 e. The molecule has 0 aromatic heterocycles. The van der Waals surface area contributed by atoms with Crippen LogP contribution in [-0.2, 0) is 19.7 Å². The third kappa shape index (κ3) is 3.79. The lowest BCUT2D eigenvalue weighted by Gasteiger charge is -2.22. The predicted octanol–water partition coefficient (Wildman–Crippen LogP) is 2.30. The van der Waals surface area contributed by atoms with E-state index < -0.39 is 29.2 Å². The number of methoxy groups -OCH3 is 1. The van der Waals surface area contributed by atoms with Crippen LogP contribution in [0, 0.1) is 0 Å². The Morgan fingerprint density at radius 1 is 1.29 bits per heavy atom. The van der Waals surface area contributed by atoms with Crippen molar-refractivity contribution in [2.45, 2.75) is 50.7 Å². The highest BCUT2D eigenvalue weighted by molar-refractivity contribution is 5.85. The van der Waals surface area contributed by atoms with E-state index in [1.54, 1.807) is 32.9 Å². The number of carbonyl (C=O) groups is 2. The van der Waals surface area contributed by atoms with E-state index in [0.29, 0.717) is 24.1 Å². The number of hydrogen-bond acceptors (Lipinski definition) is 6. The third-order valence-corrected chi connectivity index (χ3v) is 3.92. The number of phenolic OH excluding ortho intramolecular Hbond substituents is 1. The zero-order valence-electron chi connectivity index (χ0n) is 14.3. The minimum Gasteiger partial charge on any atom is -0.508 e. The first-order valence-electron chi connectivity index (χ1n) is 7.68. The lowest BCUT2D eigenvalue weighted by Crippen LogP contribution is -2.35. The molecule has 0 heterocycles. The van der Waals surface area contributed by atoms with Gasteiger partial charge in [-0.05, 0) is 39.7 Å². The highest BCUT2D eigenvalue weighted by Gasteiger charge is 2.55. The Hall–Kier alpha value is -2.28. The first kappa shape index (κ1) is 18.1. The van der Waals surface area contributed by atoms with Crippen molar-refractivity contribution in [3.05, 3.63) is 23.8 Å². The van der Waals surface area contributed by atoms with Crippen LogP contribution in [0.4, 0.5) is 10.5 Å². The molecule has 1 amide bonds. The number of nitrogens with one attached hydrogen (secondary N) is 1. The van der Waals surface area contributed by atoms with Crippen LogP contribution in [-0.4, -0.2) is 41.1 Å². The van der Waals surface area contributed by atoms with Crippen LogP contribution in [0.25, 0.3) is 0 Å². The van der Waals surface area contributed by atoms with Crippen LogP contribution in [0.1, 0.15) is 39.2 Å². The summed E-state index contributed by atoms with van der Waals surface area (Å²) in [5, 5.41) is 22.9. The van der Waals surface area contributed by atoms with E-state index in [1.165, 1.54) is 13.2 Å². The van der Waals surface area contributed by atoms with Gasteiger partial charge in [0.2, 0.25) is 0 Å². The first-order valence-corrected chi connectivity index (χ1v) is 7.68. The molecule has 3 N–H and O–H groups in total. The van der Waals surface area contributed by atoms with Gasteiger partial charge in [0.1, 0.15) is 11.4 Å². The summed E-state index contributed by atoms with van der Waals surface area (Å²) in [6.07, 6.45) is -0.839. The first-order chi connectivity index (χ1) is 11.1. The Morgan fingerprint density at radius 3 is 2.38 bits per heavy atom.